The minimum absolute atomic E-state index is 0.000283. The summed E-state index contributed by atoms with van der Waals surface area (Å²) in [6.45, 7) is 0.0988. The number of benzene rings is 1. The summed E-state index contributed by atoms with van der Waals surface area (Å²) in [6, 6.07) is 7.81. The molecule has 2 aromatic rings. The maximum absolute atomic E-state index is 11.8. The maximum Gasteiger partial charge on any atom is 0.336 e. The molecule has 0 aliphatic heterocycles. The molecule has 0 aliphatic rings. The van der Waals surface area contributed by atoms with Gasteiger partial charge in [-0.05, 0) is 17.7 Å². The Morgan fingerprint density at radius 3 is 2.63 bits per heavy atom. The Labute approximate surface area is 118 Å². The Hall–Kier alpha value is -1.78. The zero-order valence-electron chi connectivity index (χ0n) is 9.64. The molecule has 0 aliphatic carbocycles. The van der Waals surface area contributed by atoms with E-state index in [-0.39, 0.29) is 17.1 Å². The summed E-state index contributed by atoms with van der Waals surface area (Å²) in [6.07, 6.45) is 1.42. The first kappa shape index (κ1) is 13.6. The van der Waals surface area contributed by atoms with Gasteiger partial charge < -0.3 is 9.67 Å². The number of nitrogens with zero attached hydrogens (tertiary/aromatic N) is 1. The highest BCUT2D eigenvalue weighted by Gasteiger charge is 2.11. The molecule has 0 fully saturated rings. The molecular weight excluding hydrogens is 289 g/mol. The third kappa shape index (κ3) is 2.97. The van der Waals surface area contributed by atoms with Crippen molar-refractivity contribution in [2.45, 2.75) is 6.54 Å². The highest BCUT2D eigenvalue weighted by molar-refractivity contribution is 6.34. The predicted molar refractivity (Wildman–Crippen MR) is 73.2 cm³/mol. The van der Waals surface area contributed by atoms with E-state index >= 15 is 0 Å². The van der Waals surface area contributed by atoms with E-state index in [1.54, 1.807) is 18.2 Å². The molecule has 0 bridgehead atoms. The number of aromatic carboxylic acids is 1. The van der Waals surface area contributed by atoms with Crippen LogP contribution in [0.3, 0.4) is 0 Å². The molecule has 6 heteroatoms. The standard InChI is InChI=1S/C13H9Cl2NO3/c14-9-5-11(15)12(17)16(7-9)6-8-3-1-2-4-10(8)13(18)19/h1-5,7H,6H2,(H,18,19). The number of aromatic nitrogens is 1. The van der Waals surface area contributed by atoms with Crippen molar-refractivity contribution in [3.05, 3.63) is 68.1 Å². The number of hydrogen-bond acceptors (Lipinski definition) is 2. The van der Waals surface area contributed by atoms with E-state index < -0.39 is 11.5 Å². The second kappa shape index (κ2) is 5.47. The lowest BCUT2D eigenvalue weighted by atomic mass is 10.1. The predicted octanol–water partition coefficient (Wildman–Crippen LogP) is 2.90. The third-order valence-corrected chi connectivity index (χ3v) is 3.07. The Bertz CT molecular complexity index is 695. The number of carboxylic acids is 1. The van der Waals surface area contributed by atoms with Gasteiger partial charge in [0.1, 0.15) is 5.02 Å². The first-order valence-corrected chi connectivity index (χ1v) is 6.11. The SMILES string of the molecule is O=C(O)c1ccccc1Cn1cc(Cl)cc(Cl)c1=O. The maximum atomic E-state index is 11.8. The molecule has 0 radical (unpaired) electrons. The highest BCUT2D eigenvalue weighted by atomic mass is 35.5. The molecule has 0 spiro atoms. The van der Waals surface area contributed by atoms with Gasteiger partial charge in [-0.25, -0.2) is 4.79 Å². The summed E-state index contributed by atoms with van der Waals surface area (Å²) < 4.78 is 1.28. The third-order valence-electron chi connectivity index (χ3n) is 2.60. The second-order valence-electron chi connectivity index (χ2n) is 3.90. The number of pyridine rings is 1. The number of halogens is 2. The molecule has 0 atom stereocenters. The lowest BCUT2D eigenvalue weighted by molar-refractivity contribution is 0.0695. The first-order chi connectivity index (χ1) is 8.99. The normalized spacial score (nSPS) is 10.4. The average Bonchev–Trinajstić information content (AvgIpc) is 2.35. The van der Waals surface area contributed by atoms with E-state index in [1.165, 1.54) is 22.9 Å². The largest absolute Gasteiger partial charge is 0.478 e. The summed E-state index contributed by atoms with van der Waals surface area (Å²) >= 11 is 11.6. The van der Waals surface area contributed by atoms with Gasteiger partial charge in [-0.15, -0.1) is 0 Å². The summed E-state index contributed by atoms with van der Waals surface area (Å²) in [5, 5.41) is 9.40. The highest BCUT2D eigenvalue weighted by Crippen LogP contribution is 2.14. The van der Waals surface area contributed by atoms with Gasteiger partial charge in [0, 0.05) is 6.20 Å². The van der Waals surface area contributed by atoms with Crippen LogP contribution in [0.5, 0.6) is 0 Å². The van der Waals surface area contributed by atoms with Crippen molar-refractivity contribution in [3.8, 4) is 0 Å². The van der Waals surface area contributed by atoms with Crippen molar-refractivity contribution < 1.29 is 9.90 Å². The van der Waals surface area contributed by atoms with Gasteiger partial charge in [0.25, 0.3) is 5.56 Å². The van der Waals surface area contributed by atoms with Crippen molar-refractivity contribution in [1.29, 1.82) is 0 Å². The van der Waals surface area contributed by atoms with Crippen LogP contribution in [0.15, 0.2) is 41.3 Å². The van der Waals surface area contributed by atoms with Crippen LogP contribution < -0.4 is 5.56 Å². The second-order valence-corrected chi connectivity index (χ2v) is 4.75. The van der Waals surface area contributed by atoms with Crippen molar-refractivity contribution in [2.75, 3.05) is 0 Å². The number of carboxylic acid groups (broad SMARTS) is 1. The number of hydrogen-bond donors (Lipinski definition) is 1. The molecule has 1 heterocycles. The molecule has 1 aromatic carbocycles. The van der Waals surface area contributed by atoms with Crippen LogP contribution in [0.2, 0.25) is 10.0 Å². The molecule has 1 aromatic heterocycles. The molecule has 0 unspecified atom stereocenters. The monoisotopic (exact) mass is 297 g/mol. The molecule has 1 N–H and O–H groups in total. The average molecular weight is 298 g/mol. The molecule has 2 rings (SSSR count). The molecule has 19 heavy (non-hydrogen) atoms. The quantitative estimate of drug-likeness (QED) is 0.947. The van der Waals surface area contributed by atoms with Gasteiger partial charge in [-0.1, -0.05) is 41.4 Å². The molecule has 0 saturated heterocycles. The van der Waals surface area contributed by atoms with Crippen molar-refractivity contribution in [2.24, 2.45) is 0 Å². The van der Waals surface area contributed by atoms with Gasteiger partial charge in [0.15, 0.2) is 0 Å². The summed E-state index contributed by atoms with van der Waals surface area (Å²) in [5.41, 5.74) is 0.243. The van der Waals surface area contributed by atoms with Crippen molar-refractivity contribution in [3.63, 3.8) is 0 Å². The molecule has 98 valence electrons. The summed E-state index contributed by atoms with van der Waals surface area (Å²) in [7, 11) is 0. The van der Waals surface area contributed by atoms with E-state index in [9.17, 15) is 9.59 Å². The zero-order chi connectivity index (χ0) is 14.0. The minimum atomic E-state index is -1.04. The number of carbonyl (C=O) groups is 1. The van der Waals surface area contributed by atoms with E-state index in [2.05, 4.69) is 0 Å². The van der Waals surface area contributed by atoms with E-state index in [0.717, 1.165) is 0 Å². The van der Waals surface area contributed by atoms with Gasteiger partial charge in [-0.3, -0.25) is 4.79 Å². The smallest absolute Gasteiger partial charge is 0.336 e. The van der Waals surface area contributed by atoms with Crippen molar-refractivity contribution >= 4 is 29.2 Å². The van der Waals surface area contributed by atoms with Crippen LogP contribution in [-0.2, 0) is 6.54 Å². The first-order valence-electron chi connectivity index (χ1n) is 5.35. The van der Waals surface area contributed by atoms with Crippen LogP contribution in [-0.4, -0.2) is 15.6 Å². The van der Waals surface area contributed by atoms with Gasteiger partial charge in [0.2, 0.25) is 0 Å². The summed E-state index contributed by atoms with van der Waals surface area (Å²) in [4.78, 5) is 22.9. The fraction of sp³-hybridized carbons (Fsp3) is 0.0769. The Morgan fingerprint density at radius 2 is 1.95 bits per heavy atom. The fourth-order valence-corrected chi connectivity index (χ4v) is 2.24. The van der Waals surface area contributed by atoms with Gasteiger partial charge in [-0.2, -0.15) is 0 Å². The van der Waals surface area contributed by atoms with E-state index in [0.29, 0.717) is 10.6 Å². The van der Waals surface area contributed by atoms with Crippen LogP contribution in [0.4, 0.5) is 0 Å². The lowest BCUT2D eigenvalue weighted by Gasteiger charge is -2.09. The van der Waals surface area contributed by atoms with Crippen LogP contribution in [0.1, 0.15) is 15.9 Å². The fourth-order valence-electron chi connectivity index (χ4n) is 1.73. The Balaban J connectivity index is 2.48. The van der Waals surface area contributed by atoms with Crippen LogP contribution in [0.25, 0.3) is 0 Å². The Morgan fingerprint density at radius 1 is 1.26 bits per heavy atom. The van der Waals surface area contributed by atoms with Gasteiger partial charge in [0.05, 0.1) is 17.1 Å². The zero-order valence-corrected chi connectivity index (χ0v) is 11.1. The van der Waals surface area contributed by atoms with Crippen molar-refractivity contribution in [1.82, 2.24) is 4.57 Å². The molecule has 0 saturated carbocycles. The number of rotatable bonds is 3. The molecule has 4 nitrogen and oxygen atoms in total. The van der Waals surface area contributed by atoms with Gasteiger partial charge >= 0.3 is 5.97 Å². The van der Waals surface area contributed by atoms with Crippen LogP contribution in [0, 0.1) is 0 Å². The topological polar surface area (TPSA) is 59.3 Å². The lowest BCUT2D eigenvalue weighted by Crippen LogP contribution is -2.21. The minimum Gasteiger partial charge on any atom is -0.478 e. The molecule has 0 amide bonds. The van der Waals surface area contributed by atoms with E-state index in [4.69, 9.17) is 28.3 Å². The summed E-state index contributed by atoms with van der Waals surface area (Å²) in [5.74, 6) is -1.04. The Kier molecular flexibility index (Phi) is 3.93. The molecular formula is C13H9Cl2NO3. The van der Waals surface area contributed by atoms with E-state index in [1.807, 2.05) is 0 Å². The van der Waals surface area contributed by atoms with Crippen LogP contribution >= 0.6 is 23.2 Å².